The molecule has 0 unspecified atom stereocenters. The summed E-state index contributed by atoms with van der Waals surface area (Å²) >= 11 is 0. The van der Waals surface area contributed by atoms with Gasteiger partial charge in [0.05, 0.1) is 0 Å². The fraction of sp³-hybridized carbons (Fsp3) is 0.800. The van der Waals surface area contributed by atoms with Crippen molar-refractivity contribution < 1.29 is 18.0 Å². The second kappa shape index (κ2) is 6.30. The number of hydrogen-bond donors (Lipinski definition) is 1. The number of amides is 1. The number of carbonyl (C=O) groups excluding carboxylic acids is 1. The summed E-state index contributed by atoms with van der Waals surface area (Å²) < 4.78 is 30.9. The number of halogens is 2. The maximum atomic E-state index is 12.9. The first kappa shape index (κ1) is 16.8. The Morgan fingerprint density at radius 3 is 2.59 bits per heavy atom. The van der Waals surface area contributed by atoms with Gasteiger partial charge in [0.25, 0.3) is 6.43 Å². The Morgan fingerprint density at radius 2 is 2.00 bits per heavy atom. The molecule has 0 aromatic carbocycles. The minimum absolute atomic E-state index is 0.226. The van der Waals surface area contributed by atoms with Crippen molar-refractivity contribution >= 4 is 5.91 Å². The van der Waals surface area contributed by atoms with Crippen LogP contribution in [0.1, 0.15) is 69.5 Å². The van der Waals surface area contributed by atoms with Gasteiger partial charge in [0.15, 0.2) is 0 Å². The van der Waals surface area contributed by atoms with Crippen molar-refractivity contribution in [3.63, 3.8) is 0 Å². The molecule has 7 heteroatoms. The smallest absolute Gasteiger partial charge is 0.308 e. The number of carbonyl (C=O) groups is 1. The van der Waals surface area contributed by atoms with Crippen molar-refractivity contribution in [3.8, 4) is 0 Å². The van der Waals surface area contributed by atoms with Gasteiger partial charge in [-0.2, -0.15) is 0 Å². The molecule has 0 aliphatic heterocycles. The average molecular weight is 315 g/mol. The lowest BCUT2D eigenvalue weighted by Crippen LogP contribution is -2.28. The van der Waals surface area contributed by atoms with Gasteiger partial charge in [-0.1, -0.05) is 19.8 Å². The van der Waals surface area contributed by atoms with Crippen LogP contribution in [-0.2, 0) is 5.41 Å². The highest BCUT2D eigenvalue weighted by molar-refractivity contribution is 5.89. The van der Waals surface area contributed by atoms with Crippen LogP contribution in [0, 0.1) is 5.41 Å². The molecule has 1 N–H and O–H groups in total. The molecule has 0 radical (unpaired) electrons. The summed E-state index contributed by atoms with van der Waals surface area (Å²) in [7, 11) is 0. The Balaban J connectivity index is 1.89. The quantitative estimate of drug-likeness (QED) is 0.874. The zero-order chi connectivity index (χ0) is 16.4. The first-order valence-electron chi connectivity index (χ1n) is 7.65. The lowest BCUT2D eigenvalue weighted by molar-refractivity contribution is 0.0528. The third-order valence-corrected chi connectivity index (χ3v) is 4.54. The molecule has 0 bridgehead atoms. The molecule has 1 saturated carbocycles. The summed E-state index contributed by atoms with van der Waals surface area (Å²) in [6, 6.07) is 0. The fourth-order valence-corrected chi connectivity index (χ4v) is 2.70. The van der Waals surface area contributed by atoms with E-state index in [-0.39, 0.29) is 17.2 Å². The SMILES string of the molecule is CC1(CCNC(=O)c2nnc(C(C)(C)C(F)F)o2)CCCC1. The van der Waals surface area contributed by atoms with Gasteiger partial charge in [-0.3, -0.25) is 4.79 Å². The summed E-state index contributed by atoms with van der Waals surface area (Å²) in [6.45, 7) is 5.34. The van der Waals surface area contributed by atoms with E-state index in [1.54, 1.807) is 0 Å². The molecule has 1 aromatic heterocycles. The van der Waals surface area contributed by atoms with Gasteiger partial charge in [-0.15, -0.1) is 10.2 Å². The summed E-state index contributed by atoms with van der Waals surface area (Å²) in [6.07, 6.45) is 3.07. The van der Waals surface area contributed by atoms with Crippen LogP contribution in [0.3, 0.4) is 0 Å². The first-order chi connectivity index (χ1) is 10.2. The Morgan fingerprint density at radius 1 is 1.36 bits per heavy atom. The molecular weight excluding hydrogens is 292 g/mol. The number of nitrogens with one attached hydrogen (secondary N) is 1. The zero-order valence-corrected chi connectivity index (χ0v) is 13.3. The van der Waals surface area contributed by atoms with Gasteiger partial charge in [-0.05, 0) is 38.5 Å². The van der Waals surface area contributed by atoms with Crippen LogP contribution >= 0.6 is 0 Å². The molecule has 1 amide bonds. The second-order valence-electron chi connectivity index (χ2n) is 6.96. The van der Waals surface area contributed by atoms with Crippen LogP contribution in [-0.4, -0.2) is 29.1 Å². The largest absolute Gasteiger partial charge is 0.416 e. The molecule has 124 valence electrons. The van der Waals surface area contributed by atoms with Crippen molar-refractivity contribution in [1.29, 1.82) is 0 Å². The molecule has 2 rings (SSSR count). The monoisotopic (exact) mass is 315 g/mol. The lowest BCUT2D eigenvalue weighted by Gasteiger charge is -2.23. The summed E-state index contributed by atoms with van der Waals surface area (Å²) in [5.41, 5.74) is -1.28. The number of hydrogen-bond acceptors (Lipinski definition) is 4. The molecule has 1 aromatic rings. The Hall–Kier alpha value is -1.53. The number of rotatable bonds is 6. The van der Waals surface area contributed by atoms with E-state index in [4.69, 9.17) is 4.42 Å². The molecule has 5 nitrogen and oxygen atoms in total. The van der Waals surface area contributed by atoms with E-state index >= 15 is 0 Å². The van der Waals surface area contributed by atoms with E-state index in [0.717, 1.165) is 6.42 Å². The van der Waals surface area contributed by atoms with Crippen molar-refractivity contribution in [2.24, 2.45) is 5.41 Å². The van der Waals surface area contributed by atoms with Crippen LogP contribution in [0.25, 0.3) is 0 Å². The van der Waals surface area contributed by atoms with Crippen LogP contribution in [0.4, 0.5) is 8.78 Å². The fourth-order valence-electron chi connectivity index (χ4n) is 2.70. The molecule has 1 fully saturated rings. The van der Waals surface area contributed by atoms with Crippen LogP contribution in [0.5, 0.6) is 0 Å². The maximum Gasteiger partial charge on any atom is 0.308 e. The van der Waals surface area contributed by atoms with Gasteiger partial charge in [-0.25, -0.2) is 8.78 Å². The molecule has 1 aliphatic carbocycles. The van der Waals surface area contributed by atoms with Crippen molar-refractivity contribution in [3.05, 3.63) is 11.8 Å². The molecule has 22 heavy (non-hydrogen) atoms. The van der Waals surface area contributed by atoms with Gasteiger partial charge in [0.2, 0.25) is 5.89 Å². The summed E-state index contributed by atoms with van der Waals surface area (Å²) in [4.78, 5) is 11.9. The second-order valence-corrected chi connectivity index (χ2v) is 6.96. The highest BCUT2D eigenvalue weighted by Gasteiger charge is 2.38. The number of alkyl halides is 2. The number of nitrogens with zero attached hydrogens (tertiary/aromatic N) is 2. The van der Waals surface area contributed by atoms with E-state index in [1.807, 2.05) is 0 Å². The Bertz CT molecular complexity index is 523. The third-order valence-electron chi connectivity index (χ3n) is 4.54. The standard InChI is InChI=1S/C15H23F2N3O2/c1-14(2,12(16)17)13-20-19-11(22-13)10(21)18-9-8-15(3)6-4-5-7-15/h12H,4-9H2,1-3H3,(H,18,21). The van der Waals surface area contributed by atoms with Crippen molar-refractivity contribution in [2.75, 3.05) is 6.54 Å². The van der Waals surface area contributed by atoms with Gasteiger partial charge < -0.3 is 9.73 Å². The van der Waals surface area contributed by atoms with E-state index in [1.165, 1.54) is 39.5 Å². The molecule has 1 heterocycles. The van der Waals surface area contributed by atoms with E-state index in [0.29, 0.717) is 6.54 Å². The molecular formula is C15H23F2N3O2. The molecule has 0 spiro atoms. The maximum absolute atomic E-state index is 12.9. The van der Waals surface area contributed by atoms with E-state index < -0.39 is 17.7 Å². The topological polar surface area (TPSA) is 68.0 Å². The van der Waals surface area contributed by atoms with E-state index in [9.17, 15) is 13.6 Å². The highest BCUT2D eigenvalue weighted by atomic mass is 19.3. The predicted octanol–water partition coefficient (Wildman–Crippen LogP) is 3.31. The van der Waals surface area contributed by atoms with Crippen LogP contribution in [0.2, 0.25) is 0 Å². The molecule has 0 saturated heterocycles. The third kappa shape index (κ3) is 3.62. The first-order valence-corrected chi connectivity index (χ1v) is 7.65. The van der Waals surface area contributed by atoms with E-state index in [2.05, 4.69) is 22.4 Å². The molecule has 1 aliphatic rings. The lowest BCUT2D eigenvalue weighted by atomic mass is 9.85. The summed E-state index contributed by atoms with van der Waals surface area (Å²) in [5.74, 6) is -0.999. The molecule has 0 atom stereocenters. The Kier molecular flexibility index (Phi) is 4.82. The minimum atomic E-state index is -2.65. The minimum Gasteiger partial charge on any atom is -0.416 e. The Labute approximate surface area is 128 Å². The van der Waals surface area contributed by atoms with Crippen molar-refractivity contribution in [2.45, 2.75) is 64.7 Å². The predicted molar refractivity (Wildman–Crippen MR) is 76.9 cm³/mol. The van der Waals surface area contributed by atoms with Crippen LogP contribution in [0.15, 0.2) is 4.42 Å². The number of aromatic nitrogens is 2. The van der Waals surface area contributed by atoms with Gasteiger partial charge in [0, 0.05) is 6.54 Å². The zero-order valence-electron chi connectivity index (χ0n) is 13.3. The van der Waals surface area contributed by atoms with Crippen LogP contribution < -0.4 is 5.32 Å². The highest BCUT2D eigenvalue weighted by Crippen LogP contribution is 2.40. The van der Waals surface area contributed by atoms with Crippen molar-refractivity contribution in [1.82, 2.24) is 15.5 Å². The normalized spacial score (nSPS) is 17.9. The average Bonchev–Trinajstić information content (AvgIpc) is 3.08. The van der Waals surface area contributed by atoms with Gasteiger partial charge in [0.1, 0.15) is 5.41 Å². The summed E-state index contributed by atoms with van der Waals surface area (Å²) in [5, 5.41) is 9.86. The van der Waals surface area contributed by atoms with Gasteiger partial charge >= 0.3 is 11.8 Å².